The molecular formula is C24H30ClN5. The molecule has 158 valence electrons. The van der Waals surface area contributed by atoms with Crippen molar-refractivity contribution in [2.45, 2.75) is 45.7 Å². The van der Waals surface area contributed by atoms with E-state index in [9.17, 15) is 0 Å². The van der Waals surface area contributed by atoms with Crippen LogP contribution in [0.5, 0.6) is 0 Å². The van der Waals surface area contributed by atoms with Crippen LogP contribution in [0.1, 0.15) is 37.3 Å². The lowest BCUT2D eigenvalue weighted by molar-refractivity contribution is 0.232. The highest BCUT2D eigenvalue weighted by molar-refractivity contribution is 6.37. The second-order valence-corrected chi connectivity index (χ2v) is 9.15. The number of hydrogen-bond acceptors (Lipinski definition) is 4. The zero-order valence-electron chi connectivity index (χ0n) is 17.7. The molecule has 0 atom stereocenters. The average Bonchev–Trinajstić information content (AvgIpc) is 3.49. The Labute approximate surface area is 183 Å². The fraction of sp³-hybridized carbons (Fsp3) is 0.500. The van der Waals surface area contributed by atoms with Crippen molar-refractivity contribution < 1.29 is 0 Å². The zero-order valence-corrected chi connectivity index (χ0v) is 18.5. The lowest BCUT2D eigenvalue weighted by Gasteiger charge is -2.28. The Morgan fingerprint density at radius 1 is 1.10 bits per heavy atom. The molecule has 1 aliphatic carbocycles. The van der Waals surface area contributed by atoms with Gasteiger partial charge in [-0.3, -0.25) is 4.90 Å². The minimum absolute atomic E-state index is 0.715. The second kappa shape index (κ2) is 8.66. The van der Waals surface area contributed by atoms with Gasteiger partial charge in [0.1, 0.15) is 5.52 Å². The summed E-state index contributed by atoms with van der Waals surface area (Å²) in [6.07, 6.45) is 4.83. The standard InChI is InChI=1S/C24H30ClN5/c1-2-3-18-14-19(6-7-20(18)16-29-12-10-26-11-13-29)21-8-9-22-24(23(21)25)27-28-30(22)15-17-4-5-17/h6-9,14,17,26H,2-5,10-13,15-16H2,1H3. The van der Waals surface area contributed by atoms with Gasteiger partial charge < -0.3 is 5.32 Å². The Bertz CT molecular complexity index is 1030. The highest BCUT2D eigenvalue weighted by Gasteiger charge is 2.24. The molecule has 5 nitrogen and oxygen atoms in total. The average molecular weight is 424 g/mol. The van der Waals surface area contributed by atoms with Gasteiger partial charge >= 0.3 is 0 Å². The van der Waals surface area contributed by atoms with Gasteiger partial charge in [0.25, 0.3) is 0 Å². The van der Waals surface area contributed by atoms with Crippen molar-refractivity contribution >= 4 is 22.6 Å². The summed E-state index contributed by atoms with van der Waals surface area (Å²) in [6.45, 7) is 8.63. The summed E-state index contributed by atoms with van der Waals surface area (Å²) in [7, 11) is 0. The van der Waals surface area contributed by atoms with Gasteiger partial charge in [0.2, 0.25) is 0 Å². The molecule has 2 aromatic carbocycles. The van der Waals surface area contributed by atoms with Gasteiger partial charge in [-0.1, -0.05) is 54.4 Å². The number of aryl methyl sites for hydroxylation is 1. The molecule has 1 saturated carbocycles. The van der Waals surface area contributed by atoms with Crippen molar-refractivity contribution in [3.8, 4) is 11.1 Å². The van der Waals surface area contributed by atoms with Crippen molar-refractivity contribution in [3.05, 3.63) is 46.5 Å². The minimum atomic E-state index is 0.715. The summed E-state index contributed by atoms with van der Waals surface area (Å²) in [4.78, 5) is 2.54. The topological polar surface area (TPSA) is 46.0 Å². The van der Waals surface area contributed by atoms with Crippen LogP contribution in [0.4, 0.5) is 0 Å². The normalized spacial score (nSPS) is 17.7. The van der Waals surface area contributed by atoms with E-state index in [4.69, 9.17) is 11.6 Å². The van der Waals surface area contributed by atoms with Crippen molar-refractivity contribution in [1.29, 1.82) is 0 Å². The summed E-state index contributed by atoms with van der Waals surface area (Å²) in [5, 5.41) is 12.9. The number of fused-ring (bicyclic) bond motifs is 1. The monoisotopic (exact) mass is 423 g/mol. The summed E-state index contributed by atoms with van der Waals surface area (Å²) < 4.78 is 2.02. The summed E-state index contributed by atoms with van der Waals surface area (Å²) in [5.74, 6) is 0.758. The van der Waals surface area contributed by atoms with E-state index in [-0.39, 0.29) is 0 Å². The summed E-state index contributed by atoms with van der Waals surface area (Å²) in [5.41, 5.74) is 6.95. The van der Waals surface area contributed by atoms with E-state index in [0.717, 1.165) is 74.6 Å². The van der Waals surface area contributed by atoms with Gasteiger partial charge in [0.05, 0.1) is 10.5 Å². The third-order valence-electron chi connectivity index (χ3n) is 6.39. The first-order valence-corrected chi connectivity index (χ1v) is 11.7. The molecule has 0 amide bonds. The van der Waals surface area contributed by atoms with Crippen LogP contribution in [0, 0.1) is 5.92 Å². The molecule has 0 unspecified atom stereocenters. The van der Waals surface area contributed by atoms with Gasteiger partial charge in [0, 0.05) is 44.8 Å². The molecule has 1 N–H and O–H groups in total. The van der Waals surface area contributed by atoms with Gasteiger partial charge in [0.15, 0.2) is 0 Å². The Kier molecular flexibility index (Phi) is 5.77. The SMILES string of the molecule is CCCc1cc(-c2ccc3c(nnn3CC3CC3)c2Cl)ccc1CN1CCNCC1. The maximum atomic E-state index is 6.84. The largest absolute Gasteiger partial charge is 0.314 e. The molecule has 0 radical (unpaired) electrons. The molecule has 1 saturated heterocycles. The zero-order chi connectivity index (χ0) is 20.5. The minimum Gasteiger partial charge on any atom is -0.314 e. The highest BCUT2D eigenvalue weighted by atomic mass is 35.5. The first-order valence-electron chi connectivity index (χ1n) is 11.3. The Balaban J connectivity index is 1.46. The smallest absolute Gasteiger partial charge is 0.132 e. The molecule has 0 bridgehead atoms. The number of piperazine rings is 1. The molecule has 1 aliphatic heterocycles. The van der Waals surface area contributed by atoms with E-state index in [1.807, 2.05) is 4.68 Å². The van der Waals surface area contributed by atoms with Crippen LogP contribution in [-0.2, 0) is 19.5 Å². The molecule has 1 aromatic heterocycles. The van der Waals surface area contributed by atoms with Crippen molar-refractivity contribution in [3.63, 3.8) is 0 Å². The predicted molar refractivity (Wildman–Crippen MR) is 123 cm³/mol. The van der Waals surface area contributed by atoms with Crippen LogP contribution in [-0.4, -0.2) is 46.1 Å². The quantitative estimate of drug-likeness (QED) is 0.606. The molecule has 2 aliphatic rings. The van der Waals surface area contributed by atoms with E-state index in [0.29, 0.717) is 5.02 Å². The third kappa shape index (κ3) is 4.11. The molecule has 0 spiro atoms. The molecule has 30 heavy (non-hydrogen) atoms. The number of nitrogens with one attached hydrogen (secondary N) is 1. The molecular weight excluding hydrogens is 394 g/mol. The maximum Gasteiger partial charge on any atom is 0.132 e. The van der Waals surface area contributed by atoms with Gasteiger partial charge in [-0.2, -0.15) is 0 Å². The Morgan fingerprint density at radius 3 is 2.70 bits per heavy atom. The van der Waals surface area contributed by atoms with E-state index in [1.165, 1.54) is 29.5 Å². The number of benzene rings is 2. The van der Waals surface area contributed by atoms with Crippen LogP contribution < -0.4 is 5.32 Å². The number of aromatic nitrogens is 3. The molecule has 3 aromatic rings. The second-order valence-electron chi connectivity index (χ2n) is 8.77. The fourth-order valence-electron chi connectivity index (χ4n) is 4.47. The van der Waals surface area contributed by atoms with Crippen LogP contribution in [0.25, 0.3) is 22.2 Å². The maximum absolute atomic E-state index is 6.84. The van der Waals surface area contributed by atoms with E-state index < -0.39 is 0 Å². The fourth-order valence-corrected chi connectivity index (χ4v) is 4.77. The molecule has 2 fully saturated rings. The van der Waals surface area contributed by atoms with Gasteiger partial charge in [-0.25, -0.2) is 4.68 Å². The predicted octanol–water partition coefficient (Wildman–Crippen LogP) is 4.52. The van der Waals surface area contributed by atoms with Crippen molar-refractivity contribution in [2.24, 2.45) is 5.92 Å². The third-order valence-corrected chi connectivity index (χ3v) is 6.78. The van der Waals surface area contributed by atoms with Gasteiger partial charge in [-0.15, -0.1) is 5.10 Å². The van der Waals surface area contributed by atoms with Crippen LogP contribution >= 0.6 is 11.6 Å². The first kappa shape index (κ1) is 20.0. The highest BCUT2D eigenvalue weighted by Crippen LogP contribution is 2.36. The van der Waals surface area contributed by atoms with Crippen molar-refractivity contribution in [1.82, 2.24) is 25.2 Å². The molecule has 5 rings (SSSR count). The van der Waals surface area contributed by atoms with E-state index >= 15 is 0 Å². The Hall–Kier alpha value is -1.95. The lowest BCUT2D eigenvalue weighted by atomic mass is 9.96. The Morgan fingerprint density at radius 2 is 1.93 bits per heavy atom. The molecule has 6 heteroatoms. The van der Waals surface area contributed by atoms with Gasteiger partial charge in [-0.05, 0) is 47.9 Å². The summed E-state index contributed by atoms with van der Waals surface area (Å²) >= 11 is 6.84. The van der Waals surface area contributed by atoms with Crippen molar-refractivity contribution in [2.75, 3.05) is 26.2 Å². The number of rotatable bonds is 7. The van der Waals surface area contributed by atoms with Crippen LogP contribution in [0.3, 0.4) is 0 Å². The van der Waals surface area contributed by atoms with E-state index in [2.05, 4.69) is 57.8 Å². The van der Waals surface area contributed by atoms with E-state index in [1.54, 1.807) is 0 Å². The number of nitrogens with zero attached hydrogens (tertiary/aromatic N) is 4. The number of hydrogen-bond donors (Lipinski definition) is 1. The lowest BCUT2D eigenvalue weighted by Crippen LogP contribution is -2.43. The summed E-state index contributed by atoms with van der Waals surface area (Å²) in [6, 6.07) is 11.1. The first-order chi connectivity index (χ1) is 14.7. The van der Waals surface area contributed by atoms with Crippen LogP contribution in [0.2, 0.25) is 5.02 Å². The molecule has 2 heterocycles. The number of halogens is 1. The van der Waals surface area contributed by atoms with Crippen LogP contribution in [0.15, 0.2) is 30.3 Å².